The number of ether oxygens (including phenoxy) is 1. The lowest BCUT2D eigenvalue weighted by Crippen LogP contribution is -2.45. The molecule has 0 N–H and O–H groups in total. The number of hydrogen-bond acceptors (Lipinski definition) is 3. The van der Waals surface area contributed by atoms with E-state index in [0.717, 1.165) is 30.0 Å². The van der Waals surface area contributed by atoms with Crippen LogP contribution in [0.5, 0.6) is 0 Å². The molecule has 138 valence electrons. The predicted octanol–water partition coefficient (Wildman–Crippen LogP) is 3.24. The summed E-state index contributed by atoms with van der Waals surface area (Å²) in [5.74, 6) is 1.19. The van der Waals surface area contributed by atoms with Gasteiger partial charge in [-0.2, -0.15) is 0 Å². The van der Waals surface area contributed by atoms with Crippen LogP contribution in [0.1, 0.15) is 32.5 Å². The SMILES string of the molecule is CC(C)CC(=O)N1CC[C@@]2(C1)Cn1c(-c3ccc(F)cc3)cnc1CO2. The zero-order chi connectivity index (χ0) is 18.3. The third-order valence-electron chi connectivity index (χ3n) is 5.28. The summed E-state index contributed by atoms with van der Waals surface area (Å²) in [5.41, 5.74) is 1.55. The van der Waals surface area contributed by atoms with Gasteiger partial charge in [0.15, 0.2) is 0 Å². The Balaban J connectivity index is 1.55. The maximum absolute atomic E-state index is 13.2. The van der Waals surface area contributed by atoms with E-state index in [1.807, 2.05) is 11.1 Å². The first-order chi connectivity index (χ1) is 12.5. The number of hydrogen-bond donors (Lipinski definition) is 0. The molecule has 0 saturated carbocycles. The van der Waals surface area contributed by atoms with Gasteiger partial charge < -0.3 is 14.2 Å². The first kappa shape index (κ1) is 17.2. The average Bonchev–Trinajstić information content (AvgIpc) is 3.20. The van der Waals surface area contributed by atoms with E-state index in [-0.39, 0.29) is 17.3 Å². The normalized spacial score (nSPS) is 22.2. The number of carbonyl (C=O) groups is 1. The van der Waals surface area contributed by atoms with Gasteiger partial charge in [-0.05, 0) is 42.2 Å². The van der Waals surface area contributed by atoms with Crippen molar-refractivity contribution in [3.05, 3.63) is 42.1 Å². The summed E-state index contributed by atoms with van der Waals surface area (Å²) in [7, 11) is 0. The average molecular weight is 357 g/mol. The molecule has 1 aromatic heterocycles. The summed E-state index contributed by atoms with van der Waals surface area (Å²) in [6.45, 7) is 6.59. The third-order valence-corrected chi connectivity index (χ3v) is 5.28. The van der Waals surface area contributed by atoms with E-state index in [9.17, 15) is 9.18 Å². The van der Waals surface area contributed by atoms with Gasteiger partial charge in [0.1, 0.15) is 23.8 Å². The molecule has 2 aliphatic rings. The van der Waals surface area contributed by atoms with Crippen molar-refractivity contribution in [3.63, 3.8) is 0 Å². The van der Waals surface area contributed by atoms with Gasteiger partial charge in [0.05, 0.1) is 25.0 Å². The molecule has 2 aliphatic heterocycles. The monoisotopic (exact) mass is 357 g/mol. The lowest BCUT2D eigenvalue weighted by atomic mass is 10.0. The minimum atomic E-state index is -0.352. The van der Waals surface area contributed by atoms with Crippen molar-refractivity contribution in [3.8, 4) is 11.3 Å². The molecule has 3 heterocycles. The van der Waals surface area contributed by atoms with E-state index < -0.39 is 0 Å². The number of halogens is 1. The fourth-order valence-electron chi connectivity index (χ4n) is 3.89. The van der Waals surface area contributed by atoms with Crippen molar-refractivity contribution in [1.29, 1.82) is 0 Å². The molecule has 1 fully saturated rings. The summed E-state index contributed by atoms with van der Waals surface area (Å²) < 4.78 is 21.6. The van der Waals surface area contributed by atoms with Gasteiger partial charge in [-0.1, -0.05) is 13.8 Å². The first-order valence-electron chi connectivity index (χ1n) is 9.18. The number of carbonyl (C=O) groups excluding carboxylic acids is 1. The molecule has 0 radical (unpaired) electrons. The minimum absolute atomic E-state index is 0.204. The zero-order valence-corrected chi connectivity index (χ0v) is 15.2. The molecule has 0 aliphatic carbocycles. The highest BCUT2D eigenvalue weighted by Crippen LogP contribution is 2.35. The number of aromatic nitrogens is 2. The predicted molar refractivity (Wildman–Crippen MR) is 95.8 cm³/mol. The van der Waals surface area contributed by atoms with Gasteiger partial charge in [0.25, 0.3) is 0 Å². The van der Waals surface area contributed by atoms with E-state index in [2.05, 4.69) is 23.4 Å². The van der Waals surface area contributed by atoms with E-state index in [4.69, 9.17) is 4.74 Å². The zero-order valence-electron chi connectivity index (χ0n) is 15.2. The van der Waals surface area contributed by atoms with E-state index >= 15 is 0 Å². The second-order valence-electron chi connectivity index (χ2n) is 7.79. The van der Waals surface area contributed by atoms with Gasteiger partial charge in [-0.25, -0.2) is 9.37 Å². The quantitative estimate of drug-likeness (QED) is 0.847. The Hall–Kier alpha value is -2.21. The number of benzene rings is 1. The molecule has 26 heavy (non-hydrogen) atoms. The lowest BCUT2D eigenvalue weighted by molar-refractivity contribution is -0.134. The molecule has 0 bridgehead atoms. The largest absolute Gasteiger partial charge is 0.363 e. The molecule has 1 saturated heterocycles. The fourth-order valence-corrected chi connectivity index (χ4v) is 3.89. The van der Waals surface area contributed by atoms with Crippen LogP contribution < -0.4 is 0 Å². The summed E-state index contributed by atoms with van der Waals surface area (Å²) in [5, 5.41) is 0. The molecule has 1 amide bonds. The van der Waals surface area contributed by atoms with Crippen LogP contribution >= 0.6 is 0 Å². The number of nitrogens with zero attached hydrogens (tertiary/aromatic N) is 3. The van der Waals surface area contributed by atoms with Crippen molar-refractivity contribution >= 4 is 5.91 Å². The molecule has 4 rings (SSSR count). The van der Waals surface area contributed by atoms with Crippen LogP contribution in [0.3, 0.4) is 0 Å². The highest BCUT2D eigenvalue weighted by molar-refractivity contribution is 5.76. The molecular formula is C20H24FN3O2. The molecule has 1 aromatic carbocycles. The third kappa shape index (κ3) is 3.14. The van der Waals surface area contributed by atoms with Gasteiger partial charge in [0, 0.05) is 13.0 Å². The Morgan fingerprint density at radius 1 is 1.31 bits per heavy atom. The van der Waals surface area contributed by atoms with Crippen LogP contribution in [-0.4, -0.2) is 39.0 Å². The summed E-state index contributed by atoms with van der Waals surface area (Å²) in [4.78, 5) is 18.8. The highest BCUT2D eigenvalue weighted by atomic mass is 19.1. The van der Waals surface area contributed by atoms with Crippen LogP contribution in [0.15, 0.2) is 30.5 Å². The minimum Gasteiger partial charge on any atom is -0.363 e. The topological polar surface area (TPSA) is 47.4 Å². The van der Waals surface area contributed by atoms with E-state index in [0.29, 0.717) is 32.0 Å². The Bertz CT molecular complexity index is 815. The van der Waals surface area contributed by atoms with Crippen LogP contribution in [-0.2, 0) is 22.7 Å². The first-order valence-corrected chi connectivity index (χ1v) is 9.18. The van der Waals surface area contributed by atoms with Crippen molar-refractivity contribution in [2.24, 2.45) is 5.92 Å². The maximum Gasteiger partial charge on any atom is 0.222 e. The van der Waals surface area contributed by atoms with Gasteiger partial charge in [-0.3, -0.25) is 4.79 Å². The molecule has 5 nitrogen and oxygen atoms in total. The van der Waals surface area contributed by atoms with Crippen molar-refractivity contribution in [2.75, 3.05) is 13.1 Å². The Labute approximate surface area is 152 Å². The Morgan fingerprint density at radius 2 is 2.08 bits per heavy atom. The number of rotatable bonds is 3. The summed E-state index contributed by atoms with van der Waals surface area (Å²) in [6, 6.07) is 6.47. The van der Waals surface area contributed by atoms with Crippen LogP contribution in [0.4, 0.5) is 4.39 Å². The van der Waals surface area contributed by atoms with Crippen LogP contribution in [0.2, 0.25) is 0 Å². The van der Waals surface area contributed by atoms with Crippen molar-refractivity contribution in [1.82, 2.24) is 14.5 Å². The smallest absolute Gasteiger partial charge is 0.222 e. The Morgan fingerprint density at radius 3 is 2.81 bits per heavy atom. The highest BCUT2D eigenvalue weighted by Gasteiger charge is 2.44. The van der Waals surface area contributed by atoms with E-state index in [1.165, 1.54) is 12.1 Å². The maximum atomic E-state index is 13.2. The Kier molecular flexibility index (Phi) is 4.31. The molecule has 6 heteroatoms. The number of amides is 1. The van der Waals surface area contributed by atoms with E-state index in [1.54, 1.807) is 12.1 Å². The van der Waals surface area contributed by atoms with Crippen LogP contribution in [0, 0.1) is 11.7 Å². The number of fused-ring (bicyclic) bond motifs is 1. The molecule has 0 unspecified atom stereocenters. The second-order valence-corrected chi connectivity index (χ2v) is 7.79. The van der Waals surface area contributed by atoms with Crippen LogP contribution in [0.25, 0.3) is 11.3 Å². The van der Waals surface area contributed by atoms with Crippen molar-refractivity contribution < 1.29 is 13.9 Å². The molecule has 1 spiro atoms. The van der Waals surface area contributed by atoms with Gasteiger partial charge in [-0.15, -0.1) is 0 Å². The number of imidazole rings is 1. The van der Waals surface area contributed by atoms with Crippen molar-refractivity contribution in [2.45, 2.75) is 45.4 Å². The lowest BCUT2D eigenvalue weighted by Gasteiger charge is -2.35. The van der Waals surface area contributed by atoms with Gasteiger partial charge in [0.2, 0.25) is 5.91 Å². The van der Waals surface area contributed by atoms with Gasteiger partial charge >= 0.3 is 0 Å². The summed E-state index contributed by atoms with van der Waals surface area (Å²) in [6.07, 6.45) is 3.23. The molecule has 2 aromatic rings. The molecular weight excluding hydrogens is 333 g/mol. The molecule has 1 atom stereocenters. The fraction of sp³-hybridized carbons (Fsp3) is 0.500. The number of likely N-dealkylation sites (tertiary alicyclic amines) is 1. The second kappa shape index (κ2) is 6.50. The standard InChI is InChI=1S/C20H24FN3O2/c1-14(2)9-19(25)23-8-7-20(12-23)13-24-17(10-22-18(24)11-26-20)15-3-5-16(21)6-4-15/h3-6,10,14H,7-9,11-13H2,1-2H3/t20-/m1/s1. The summed E-state index contributed by atoms with van der Waals surface area (Å²) >= 11 is 0.